The van der Waals surface area contributed by atoms with Gasteiger partial charge < -0.3 is 0 Å². The van der Waals surface area contributed by atoms with Crippen LogP contribution in [0.4, 0.5) is 0 Å². The number of aromatic nitrogens is 2. The number of para-hydroxylation sites is 2. The van der Waals surface area contributed by atoms with Crippen molar-refractivity contribution in [2.45, 2.75) is 32.6 Å². The minimum absolute atomic E-state index is 0. The first-order valence-corrected chi connectivity index (χ1v) is 9.10. The predicted molar refractivity (Wildman–Crippen MR) is 106 cm³/mol. The van der Waals surface area contributed by atoms with Crippen molar-refractivity contribution in [1.29, 1.82) is 0 Å². The molecule has 0 bridgehead atoms. The summed E-state index contributed by atoms with van der Waals surface area (Å²) in [4.78, 5) is 9.85. The number of pyridine rings is 2. The third-order valence-electron chi connectivity index (χ3n) is 4.69. The molecule has 26 heavy (non-hydrogen) atoms. The Morgan fingerprint density at radius 3 is 2.19 bits per heavy atom. The molecule has 0 spiro atoms. The van der Waals surface area contributed by atoms with E-state index in [4.69, 9.17) is 9.97 Å². The van der Waals surface area contributed by atoms with Crippen molar-refractivity contribution in [3.63, 3.8) is 0 Å². The molecule has 0 saturated heterocycles. The Hall–Kier alpha value is -2.09. The van der Waals surface area contributed by atoms with Crippen LogP contribution in [0.25, 0.3) is 33.2 Å². The monoisotopic (exact) mass is 519 g/mol. The topological polar surface area (TPSA) is 25.8 Å². The first-order chi connectivity index (χ1) is 12.3. The van der Waals surface area contributed by atoms with Gasteiger partial charge in [-0.2, -0.15) is 0 Å². The van der Waals surface area contributed by atoms with Crippen LogP contribution in [0, 0.1) is 0 Å². The molecule has 4 aromatic rings. The maximum absolute atomic E-state index is 4.97. The van der Waals surface area contributed by atoms with E-state index < -0.39 is 0 Å². The molecule has 133 valence electrons. The number of fused-ring (bicyclic) bond motifs is 2. The molecule has 0 saturated carbocycles. The summed E-state index contributed by atoms with van der Waals surface area (Å²) in [7, 11) is 0. The van der Waals surface area contributed by atoms with Crippen LogP contribution in [0.1, 0.15) is 31.7 Å². The molecule has 0 unspecified atom stereocenters. The zero-order chi connectivity index (χ0) is 17.1. The van der Waals surface area contributed by atoms with Gasteiger partial charge in [-0.25, -0.2) is 9.97 Å². The Labute approximate surface area is 168 Å². The smallest absolute Gasteiger partial charge is 0.0926 e. The first-order valence-electron chi connectivity index (χ1n) is 9.10. The van der Waals surface area contributed by atoms with E-state index in [-0.39, 0.29) is 20.1 Å². The van der Waals surface area contributed by atoms with Crippen molar-refractivity contribution >= 4 is 21.8 Å². The third-order valence-corrected chi connectivity index (χ3v) is 4.69. The van der Waals surface area contributed by atoms with Gasteiger partial charge in [-0.15, -0.1) is 0 Å². The van der Waals surface area contributed by atoms with Crippen molar-refractivity contribution in [3.05, 3.63) is 72.3 Å². The number of aryl methyl sites for hydroxylation is 1. The van der Waals surface area contributed by atoms with Gasteiger partial charge >= 0.3 is 0 Å². The summed E-state index contributed by atoms with van der Waals surface area (Å²) in [6.45, 7) is 2.24. The molecule has 2 aromatic carbocycles. The van der Waals surface area contributed by atoms with Crippen LogP contribution in [0.15, 0.2) is 66.7 Å². The van der Waals surface area contributed by atoms with E-state index in [2.05, 4.69) is 55.5 Å². The fourth-order valence-corrected chi connectivity index (χ4v) is 3.34. The number of nitrogens with zero attached hydrogens (tertiary/aromatic N) is 2. The van der Waals surface area contributed by atoms with Gasteiger partial charge in [0.15, 0.2) is 0 Å². The summed E-state index contributed by atoms with van der Waals surface area (Å²) in [5, 5.41) is 2.37. The molecular formula is C23H22IrN2. The van der Waals surface area contributed by atoms with Gasteiger partial charge in [-0.05, 0) is 42.7 Å². The quantitative estimate of drug-likeness (QED) is 0.295. The number of benzene rings is 2. The average molecular weight is 519 g/mol. The Kier molecular flexibility index (Phi) is 6.13. The zero-order valence-corrected chi connectivity index (χ0v) is 17.3. The Bertz CT molecular complexity index is 1030. The third kappa shape index (κ3) is 3.85. The molecule has 1 radical (unpaired) electrons. The van der Waals surface area contributed by atoms with E-state index in [1.54, 1.807) is 0 Å². The molecule has 2 heterocycles. The minimum Gasteiger partial charge on any atom is -0.246 e. The molecule has 0 aliphatic heterocycles. The molecule has 0 amide bonds. The van der Waals surface area contributed by atoms with Crippen LogP contribution in [0.5, 0.6) is 0 Å². The zero-order valence-electron chi connectivity index (χ0n) is 14.9. The molecule has 0 fully saturated rings. The Morgan fingerprint density at radius 1 is 0.731 bits per heavy atom. The van der Waals surface area contributed by atoms with Gasteiger partial charge in [0.05, 0.1) is 22.4 Å². The summed E-state index contributed by atoms with van der Waals surface area (Å²) < 4.78 is 0. The van der Waals surface area contributed by atoms with Crippen molar-refractivity contribution in [2.24, 2.45) is 0 Å². The van der Waals surface area contributed by atoms with Crippen LogP contribution in [-0.2, 0) is 26.5 Å². The van der Waals surface area contributed by atoms with E-state index >= 15 is 0 Å². The fraction of sp³-hybridized carbons (Fsp3) is 0.217. The van der Waals surface area contributed by atoms with E-state index in [1.165, 1.54) is 35.6 Å². The van der Waals surface area contributed by atoms with Crippen LogP contribution in [-0.4, -0.2) is 9.97 Å². The summed E-state index contributed by atoms with van der Waals surface area (Å²) in [5.74, 6) is 0. The van der Waals surface area contributed by atoms with Crippen LogP contribution >= 0.6 is 0 Å². The number of unbranched alkanes of at least 4 members (excludes halogenated alkanes) is 2. The maximum Gasteiger partial charge on any atom is 0.0926 e. The average Bonchev–Trinajstić information content (AvgIpc) is 2.67. The summed E-state index contributed by atoms with van der Waals surface area (Å²) >= 11 is 0. The predicted octanol–water partition coefficient (Wildman–Crippen LogP) is 6.18. The molecule has 4 rings (SSSR count). The van der Waals surface area contributed by atoms with Gasteiger partial charge in [0.25, 0.3) is 0 Å². The second-order valence-corrected chi connectivity index (χ2v) is 6.54. The minimum atomic E-state index is 0. The fourth-order valence-electron chi connectivity index (χ4n) is 3.34. The molecule has 0 atom stereocenters. The second kappa shape index (κ2) is 8.53. The SMILES string of the molecule is CCCCCc1cc2ccccc2nc1-c1ccc2ccccc2n1.[Ir]. The number of hydrogen-bond acceptors (Lipinski definition) is 2. The number of hydrogen-bond donors (Lipinski definition) is 0. The van der Waals surface area contributed by atoms with Gasteiger partial charge in [-0.3, -0.25) is 0 Å². The molecule has 0 aliphatic carbocycles. The molecule has 2 nitrogen and oxygen atoms in total. The van der Waals surface area contributed by atoms with E-state index in [9.17, 15) is 0 Å². The van der Waals surface area contributed by atoms with Crippen molar-refractivity contribution < 1.29 is 20.1 Å². The standard InChI is InChI=1S/C23H22N2.Ir/c1-2-3-4-11-19-16-18-10-6-8-13-21(18)25-23(19)22-15-14-17-9-5-7-12-20(17)24-22;/h5-10,12-16H,2-4,11H2,1H3;. The van der Waals surface area contributed by atoms with E-state index in [1.807, 2.05) is 18.2 Å². The largest absolute Gasteiger partial charge is 0.246 e. The van der Waals surface area contributed by atoms with Crippen LogP contribution in [0.2, 0.25) is 0 Å². The number of rotatable bonds is 5. The van der Waals surface area contributed by atoms with Crippen molar-refractivity contribution in [3.8, 4) is 11.4 Å². The van der Waals surface area contributed by atoms with Gasteiger partial charge in [0.2, 0.25) is 0 Å². The summed E-state index contributed by atoms with van der Waals surface area (Å²) in [6.07, 6.45) is 4.72. The molecule has 3 heteroatoms. The van der Waals surface area contributed by atoms with Crippen LogP contribution < -0.4 is 0 Å². The van der Waals surface area contributed by atoms with Gasteiger partial charge in [-0.1, -0.05) is 62.2 Å². The molecule has 0 aliphatic rings. The second-order valence-electron chi connectivity index (χ2n) is 6.54. The summed E-state index contributed by atoms with van der Waals surface area (Å²) in [5.41, 5.74) is 5.35. The molecular weight excluding hydrogens is 496 g/mol. The Balaban J connectivity index is 0.00000196. The Morgan fingerprint density at radius 2 is 1.42 bits per heavy atom. The van der Waals surface area contributed by atoms with Gasteiger partial charge in [0.1, 0.15) is 0 Å². The van der Waals surface area contributed by atoms with E-state index in [0.717, 1.165) is 28.8 Å². The van der Waals surface area contributed by atoms with Crippen molar-refractivity contribution in [2.75, 3.05) is 0 Å². The van der Waals surface area contributed by atoms with E-state index in [0.29, 0.717) is 0 Å². The summed E-state index contributed by atoms with van der Waals surface area (Å²) in [6, 6.07) is 23.1. The van der Waals surface area contributed by atoms with Gasteiger partial charge in [0, 0.05) is 30.9 Å². The maximum atomic E-state index is 4.97. The normalized spacial score (nSPS) is 10.8. The molecule has 0 N–H and O–H groups in total. The first kappa shape index (κ1) is 18.7. The van der Waals surface area contributed by atoms with Crippen LogP contribution in [0.3, 0.4) is 0 Å². The van der Waals surface area contributed by atoms with Crippen molar-refractivity contribution in [1.82, 2.24) is 9.97 Å². The molecule has 2 aromatic heterocycles.